The molecule has 1 saturated heterocycles. The van der Waals surface area contributed by atoms with E-state index in [1.165, 1.54) is 12.3 Å². The van der Waals surface area contributed by atoms with Crippen molar-refractivity contribution < 1.29 is 9.72 Å². The number of rotatable bonds is 5. The number of carbonyl (C=O) groups excluding carboxylic acids is 1. The lowest BCUT2D eigenvalue weighted by Gasteiger charge is -2.17. The van der Waals surface area contributed by atoms with E-state index in [2.05, 4.69) is 10.3 Å². The van der Waals surface area contributed by atoms with E-state index in [1.807, 2.05) is 0 Å². The van der Waals surface area contributed by atoms with Gasteiger partial charge in [0.2, 0.25) is 5.91 Å². The van der Waals surface area contributed by atoms with Gasteiger partial charge in [-0.05, 0) is 12.5 Å². The lowest BCUT2D eigenvalue weighted by Crippen LogP contribution is -2.32. The smallest absolute Gasteiger partial charge is 0.287 e. The second kappa shape index (κ2) is 9.39. The lowest BCUT2D eigenvalue weighted by atomic mass is 10.2. The summed E-state index contributed by atoms with van der Waals surface area (Å²) in [4.78, 5) is 27.5. The summed E-state index contributed by atoms with van der Waals surface area (Å²) in [6, 6.07) is 3.09. The van der Waals surface area contributed by atoms with Gasteiger partial charge in [0, 0.05) is 38.2 Å². The number of anilines is 1. The highest BCUT2D eigenvalue weighted by Crippen LogP contribution is 2.17. The summed E-state index contributed by atoms with van der Waals surface area (Å²) < 4.78 is 0. The van der Waals surface area contributed by atoms with E-state index in [1.54, 1.807) is 11.0 Å². The van der Waals surface area contributed by atoms with Crippen molar-refractivity contribution in [3.63, 3.8) is 0 Å². The summed E-state index contributed by atoms with van der Waals surface area (Å²) in [7, 11) is 0. The Kier molecular flexibility index (Phi) is 8.69. The summed E-state index contributed by atoms with van der Waals surface area (Å²) >= 11 is 0. The number of amides is 1. The molecule has 124 valence electrons. The third kappa shape index (κ3) is 5.28. The van der Waals surface area contributed by atoms with E-state index in [4.69, 9.17) is 5.73 Å². The fourth-order valence-corrected chi connectivity index (χ4v) is 2.17. The van der Waals surface area contributed by atoms with Crippen LogP contribution in [-0.4, -0.2) is 46.4 Å². The van der Waals surface area contributed by atoms with Gasteiger partial charge in [0.05, 0.1) is 4.92 Å². The first-order valence-corrected chi connectivity index (χ1v) is 6.45. The number of likely N-dealkylation sites (tertiary alicyclic amines) is 1. The van der Waals surface area contributed by atoms with Gasteiger partial charge in [0.25, 0.3) is 5.69 Å². The maximum Gasteiger partial charge on any atom is 0.287 e. The molecular formula is C12H19Cl2N5O3. The summed E-state index contributed by atoms with van der Waals surface area (Å²) in [5.41, 5.74) is 5.33. The first-order valence-electron chi connectivity index (χ1n) is 6.45. The molecule has 1 aliphatic rings. The van der Waals surface area contributed by atoms with Gasteiger partial charge in [0.1, 0.15) is 12.0 Å². The zero-order valence-corrected chi connectivity index (χ0v) is 13.4. The monoisotopic (exact) mass is 351 g/mol. The van der Waals surface area contributed by atoms with Crippen molar-refractivity contribution in [1.82, 2.24) is 9.88 Å². The van der Waals surface area contributed by atoms with E-state index in [0.29, 0.717) is 31.9 Å². The number of halogens is 2. The van der Waals surface area contributed by atoms with E-state index in [0.717, 1.165) is 6.42 Å². The molecule has 1 aliphatic heterocycles. The largest absolute Gasteiger partial charge is 0.365 e. The van der Waals surface area contributed by atoms with E-state index in [-0.39, 0.29) is 42.5 Å². The Hall–Kier alpha value is -1.64. The standard InChI is InChI=1S/C12H17N5O3.2ClH/c13-5-3-12(18)16-6-4-9(8-16)15-11-2-1-10(7-14-11)17(19)20;;/h1-2,7,9H,3-6,8,13H2,(H,14,15);2*1H. The van der Waals surface area contributed by atoms with Crippen LogP contribution < -0.4 is 11.1 Å². The van der Waals surface area contributed by atoms with Crippen LogP contribution in [0.4, 0.5) is 11.5 Å². The molecule has 0 saturated carbocycles. The number of hydrogen-bond donors (Lipinski definition) is 2. The van der Waals surface area contributed by atoms with Crippen molar-refractivity contribution in [3.8, 4) is 0 Å². The highest BCUT2D eigenvalue weighted by molar-refractivity contribution is 5.85. The van der Waals surface area contributed by atoms with Gasteiger partial charge in [-0.2, -0.15) is 0 Å². The number of aromatic nitrogens is 1. The molecule has 2 heterocycles. The molecule has 1 fully saturated rings. The Morgan fingerprint density at radius 2 is 2.23 bits per heavy atom. The minimum Gasteiger partial charge on any atom is -0.365 e. The molecule has 0 aliphatic carbocycles. The highest BCUT2D eigenvalue weighted by atomic mass is 35.5. The van der Waals surface area contributed by atoms with Crippen LogP contribution in [0.3, 0.4) is 0 Å². The highest BCUT2D eigenvalue weighted by Gasteiger charge is 2.25. The molecule has 10 heteroatoms. The third-order valence-corrected chi connectivity index (χ3v) is 3.21. The first-order chi connectivity index (χ1) is 9.60. The molecule has 1 aromatic rings. The van der Waals surface area contributed by atoms with Crippen molar-refractivity contribution >= 4 is 42.2 Å². The number of carbonyl (C=O) groups is 1. The number of nitrogens with zero attached hydrogens (tertiary/aromatic N) is 3. The third-order valence-electron chi connectivity index (χ3n) is 3.21. The predicted molar refractivity (Wildman–Crippen MR) is 87.7 cm³/mol. The second-order valence-electron chi connectivity index (χ2n) is 4.67. The van der Waals surface area contributed by atoms with E-state index < -0.39 is 4.92 Å². The van der Waals surface area contributed by atoms with Crippen LogP contribution in [0.15, 0.2) is 18.3 Å². The van der Waals surface area contributed by atoms with Crippen molar-refractivity contribution in [3.05, 3.63) is 28.4 Å². The number of nitrogens with two attached hydrogens (primary N) is 1. The van der Waals surface area contributed by atoms with E-state index >= 15 is 0 Å². The normalized spacial score (nSPS) is 16.4. The summed E-state index contributed by atoms with van der Waals surface area (Å²) in [6.07, 6.45) is 2.41. The van der Waals surface area contributed by atoms with Crippen molar-refractivity contribution in [1.29, 1.82) is 0 Å². The Bertz CT molecular complexity index is 500. The van der Waals surface area contributed by atoms with Gasteiger partial charge in [-0.15, -0.1) is 24.8 Å². The summed E-state index contributed by atoms with van der Waals surface area (Å²) in [6.45, 7) is 1.66. The molecule has 0 aromatic carbocycles. The molecule has 2 rings (SSSR count). The Balaban J connectivity index is 0.00000220. The van der Waals surface area contributed by atoms with Crippen LogP contribution in [0, 0.1) is 10.1 Å². The SMILES string of the molecule is Cl.Cl.NCCC(=O)N1CCC(Nc2ccc([N+](=O)[O-])cn2)C1. The van der Waals surface area contributed by atoms with Gasteiger partial charge in [-0.25, -0.2) is 4.98 Å². The second-order valence-corrected chi connectivity index (χ2v) is 4.67. The maximum atomic E-state index is 11.7. The minimum atomic E-state index is -0.487. The molecular weight excluding hydrogens is 333 g/mol. The molecule has 1 aromatic heterocycles. The van der Waals surface area contributed by atoms with Gasteiger partial charge in [0.15, 0.2) is 0 Å². The van der Waals surface area contributed by atoms with Crippen LogP contribution >= 0.6 is 24.8 Å². The average Bonchev–Trinajstić information content (AvgIpc) is 2.88. The van der Waals surface area contributed by atoms with Crippen LogP contribution in [0.2, 0.25) is 0 Å². The van der Waals surface area contributed by atoms with Gasteiger partial charge >= 0.3 is 0 Å². The quantitative estimate of drug-likeness (QED) is 0.608. The van der Waals surface area contributed by atoms with Gasteiger partial charge in [-0.1, -0.05) is 0 Å². The van der Waals surface area contributed by atoms with E-state index in [9.17, 15) is 14.9 Å². The molecule has 8 nitrogen and oxygen atoms in total. The average molecular weight is 352 g/mol. The van der Waals surface area contributed by atoms with Crippen LogP contribution in [0.1, 0.15) is 12.8 Å². The molecule has 0 spiro atoms. The summed E-state index contributed by atoms with van der Waals surface area (Å²) in [5.74, 6) is 0.641. The van der Waals surface area contributed by atoms with Crippen molar-refractivity contribution in [2.75, 3.05) is 25.0 Å². The van der Waals surface area contributed by atoms with Crippen molar-refractivity contribution in [2.45, 2.75) is 18.9 Å². The maximum absolute atomic E-state index is 11.7. The Morgan fingerprint density at radius 3 is 2.77 bits per heavy atom. The zero-order valence-electron chi connectivity index (χ0n) is 11.8. The van der Waals surface area contributed by atoms with Crippen molar-refractivity contribution in [2.24, 2.45) is 5.73 Å². The topological polar surface area (TPSA) is 114 Å². The number of nitro groups is 1. The Labute approximate surface area is 140 Å². The Morgan fingerprint density at radius 1 is 1.50 bits per heavy atom. The van der Waals surface area contributed by atoms with Crippen LogP contribution in [0.5, 0.6) is 0 Å². The first kappa shape index (κ1) is 20.4. The van der Waals surface area contributed by atoms with Gasteiger partial charge < -0.3 is 16.0 Å². The molecule has 3 N–H and O–H groups in total. The van der Waals surface area contributed by atoms with Crippen LogP contribution in [0.25, 0.3) is 0 Å². The molecule has 1 amide bonds. The minimum absolute atomic E-state index is 0. The molecule has 1 atom stereocenters. The number of pyridine rings is 1. The summed E-state index contributed by atoms with van der Waals surface area (Å²) in [5, 5.41) is 13.7. The predicted octanol–water partition coefficient (Wildman–Crippen LogP) is 1.19. The molecule has 0 bridgehead atoms. The zero-order chi connectivity index (χ0) is 14.5. The molecule has 0 radical (unpaired) electrons. The molecule has 1 unspecified atom stereocenters. The van der Waals surface area contributed by atoms with Gasteiger partial charge in [-0.3, -0.25) is 14.9 Å². The fraction of sp³-hybridized carbons (Fsp3) is 0.500. The number of hydrogen-bond acceptors (Lipinski definition) is 6. The molecule has 22 heavy (non-hydrogen) atoms. The number of nitrogens with one attached hydrogen (secondary N) is 1. The fourth-order valence-electron chi connectivity index (χ4n) is 2.17. The lowest BCUT2D eigenvalue weighted by molar-refractivity contribution is -0.385. The van der Waals surface area contributed by atoms with Crippen LogP contribution in [-0.2, 0) is 4.79 Å².